The zero-order valence-corrected chi connectivity index (χ0v) is 12.5. The fourth-order valence-electron chi connectivity index (χ4n) is 2.12. The maximum absolute atomic E-state index is 12.5. The predicted molar refractivity (Wildman–Crippen MR) is 79.1 cm³/mol. The van der Waals surface area contributed by atoms with E-state index in [0.717, 1.165) is 17.7 Å². The maximum Gasteiger partial charge on any atom is 0.316 e. The average molecular weight is 293 g/mol. The van der Waals surface area contributed by atoms with Gasteiger partial charge in [-0.1, -0.05) is 12.1 Å². The number of rotatable bonds is 5. The number of thioether (sulfide) groups is 1. The molecule has 1 unspecified atom stereocenters. The standard InChI is InChI=1S/C15H19NO3S/c1-10(15(18)19)20-13-9-4-3-8-12(13)14(17)16(2)11-6-5-7-11/h3-4,8-11H,5-7H2,1-2H3,(H,18,19). The number of carboxylic acid groups (broad SMARTS) is 1. The lowest BCUT2D eigenvalue weighted by atomic mass is 9.91. The van der Waals surface area contributed by atoms with E-state index in [1.807, 2.05) is 25.2 Å². The second-order valence-electron chi connectivity index (χ2n) is 5.10. The molecule has 2 rings (SSSR count). The molecule has 1 amide bonds. The van der Waals surface area contributed by atoms with Crippen molar-refractivity contribution < 1.29 is 14.7 Å². The summed E-state index contributed by atoms with van der Waals surface area (Å²) in [4.78, 5) is 26.0. The van der Waals surface area contributed by atoms with E-state index < -0.39 is 11.2 Å². The van der Waals surface area contributed by atoms with Crippen LogP contribution < -0.4 is 0 Å². The maximum atomic E-state index is 12.5. The van der Waals surface area contributed by atoms with E-state index in [-0.39, 0.29) is 5.91 Å². The van der Waals surface area contributed by atoms with Crippen LogP contribution in [0.5, 0.6) is 0 Å². The van der Waals surface area contributed by atoms with E-state index in [0.29, 0.717) is 11.6 Å². The van der Waals surface area contributed by atoms with Gasteiger partial charge >= 0.3 is 5.97 Å². The molecule has 1 aliphatic carbocycles. The number of amides is 1. The summed E-state index contributed by atoms with van der Waals surface area (Å²) in [6.07, 6.45) is 3.29. The van der Waals surface area contributed by atoms with Crippen molar-refractivity contribution in [3.8, 4) is 0 Å². The van der Waals surface area contributed by atoms with Crippen LogP contribution in [0.4, 0.5) is 0 Å². The van der Waals surface area contributed by atoms with Gasteiger partial charge in [0.25, 0.3) is 5.91 Å². The minimum Gasteiger partial charge on any atom is -0.480 e. The van der Waals surface area contributed by atoms with Crippen LogP contribution in [-0.2, 0) is 4.79 Å². The number of hydrogen-bond donors (Lipinski definition) is 1. The molecular weight excluding hydrogens is 274 g/mol. The Hall–Kier alpha value is -1.49. The first-order valence-electron chi connectivity index (χ1n) is 6.76. The van der Waals surface area contributed by atoms with Crippen molar-refractivity contribution in [2.45, 2.75) is 42.4 Å². The van der Waals surface area contributed by atoms with Crippen LogP contribution in [0.2, 0.25) is 0 Å². The van der Waals surface area contributed by atoms with Gasteiger partial charge in [-0.2, -0.15) is 0 Å². The number of carboxylic acids is 1. The first-order chi connectivity index (χ1) is 9.50. The SMILES string of the molecule is CC(Sc1ccccc1C(=O)N(C)C1CCC1)C(=O)O. The first kappa shape index (κ1) is 14.9. The van der Waals surface area contributed by atoms with Gasteiger partial charge in [-0.25, -0.2) is 0 Å². The van der Waals surface area contributed by atoms with Gasteiger partial charge in [-0.3, -0.25) is 9.59 Å². The Bertz CT molecular complexity index is 514. The van der Waals surface area contributed by atoms with Crippen LogP contribution >= 0.6 is 11.8 Å². The molecule has 1 atom stereocenters. The number of benzene rings is 1. The highest BCUT2D eigenvalue weighted by molar-refractivity contribution is 8.00. The molecule has 0 radical (unpaired) electrons. The highest BCUT2D eigenvalue weighted by atomic mass is 32.2. The summed E-state index contributed by atoms with van der Waals surface area (Å²) < 4.78 is 0. The molecule has 4 nitrogen and oxygen atoms in total. The first-order valence-corrected chi connectivity index (χ1v) is 7.64. The Morgan fingerprint density at radius 2 is 2.00 bits per heavy atom. The van der Waals surface area contributed by atoms with E-state index in [1.165, 1.54) is 18.2 Å². The molecule has 1 aliphatic rings. The summed E-state index contributed by atoms with van der Waals surface area (Å²) in [6, 6.07) is 7.56. The minimum absolute atomic E-state index is 0.0182. The molecule has 1 N–H and O–H groups in total. The van der Waals surface area contributed by atoms with E-state index >= 15 is 0 Å². The van der Waals surface area contributed by atoms with Crippen molar-refractivity contribution in [2.24, 2.45) is 0 Å². The van der Waals surface area contributed by atoms with Gasteiger partial charge in [0.2, 0.25) is 0 Å². The topological polar surface area (TPSA) is 57.6 Å². The Balaban J connectivity index is 2.18. The van der Waals surface area contributed by atoms with E-state index in [4.69, 9.17) is 5.11 Å². The summed E-state index contributed by atoms with van der Waals surface area (Å²) in [5, 5.41) is 8.43. The second kappa shape index (κ2) is 6.31. The van der Waals surface area contributed by atoms with Crippen LogP contribution in [0.3, 0.4) is 0 Å². The Kier molecular flexibility index (Phi) is 4.70. The Labute approximate surface area is 123 Å². The number of hydrogen-bond acceptors (Lipinski definition) is 3. The van der Waals surface area contributed by atoms with Gasteiger partial charge in [0.1, 0.15) is 5.25 Å². The van der Waals surface area contributed by atoms with Crippen molar-refractivity contribution in [3.05, 3.63) is 29.8 Å². The van der Waals surface area contributed by atoms with Gasteiger partial charge in [0.05, 0.1) is 5.56 Å². The smallest absolute Gasteiger partial charge is 0.316 e. The van der Waals surface area contributed by atoms with E-state index in [1.54, 1.807) is 17.9 Å². The number of carbonyl (C=O) groups excluding carboxylic acids is 1. The normalized spacial score (nSPS) is 16.3. The van der Waals surface area contributed by atoms with E-state index in [2.05, 4.69) is 0 Å². The largest absolute Gasteiger partial charge is 0.480 e. The van der Waals surface area contributed by atoms with Crippen LogP contribution in [0, 0.1) is 0 Å². The summed E-state index contributed by atoms with van der Waals surface area (Å²) in [5.74, 6) is -0.889. The fraction of sp³-hybridized carbons (Fsp3) is 0.467. The second-order valence-corrected chi connectivity index (χ2v) is 6.48. The summed E-state index contributed by atoms with van der Waals surface area (Å²) in [5.41, 5.74) is 0.597. The third-order valence-corrected chi connectivity index (χ3v) is 4.88. The van der Waals surface area contributed by atoms with Gasteiger partial charge in [0, 0.05) is 18.0 Å². The molecule has 0 heterocycles. The van der Waals surface area contributed by atoms with Gasteiger partial charge in [0.15, 0.2) is 0 Å². The molecule has 20 heavy (non-hydrogen) atoms. The Morgan fingerprint density at radius 1 is 1.35 bits per heavy atom. The summed E-state index contributed by atoms with van der Waals surface area (Å²) >= 11 is 1.21. The van der Waals surface area contributed by atoms with Crippen molar-refractivity contribution >= 4 is 23.6 Å². The van der Waals surface area contributed by atoms with Crippen molar-refractivity contribution in [1.82, 2.24) is 4.90 Å². The van der Waals surface area contributed by atoms with Gasteiger partial charge < -0.3 is 10.0 Å². The molecule has 108 valence electrons. The lowest BCUT2D eigenvalue weighted by molar-refractivity contribution is -0.136. The number of aliphatic carboxylic acids is 1. The Morgan fingerprint density at radius 3 is 2.55 bits per heavy atom. The van der Waals surface area contributed by atoms with Gasteiger partial charge in [-0.15, -0.1) is 11.8 Å². The molecule has 1 fully saturated rings. The van der Waals surface area contributed by atoms with Crippen LogP contribution in [0.25, 0.3) is 0 Å². The molecular formula is C15H19NO3S. The highest BCUT2D eigenvalue weighted by Crippen LogP contribution is 2.30. The molecule has 1 aromatic carbocycles. The fourth-order valence-corrected chi connectivity index (χ4v) is 3.04. The summed E-state index contributed by atoms with van der Waals surface area (Å²) in [6.45, 7) is 1.63. The molecule has 0 spiro atoms. The van der Waals surface area contributed by atoms with Crippen molar-refractivity contribution in [2.75, 3.05) is 7.05 Å². The highest BCUT2D eigenvalue weighted by Gasteiger charge is 2.28. The van der Waals surface area contributed by atoms with Crippen molar-refractivity contribution in [1.29, 1.82) is 0 Å². The minimum atomic E-state index is -0.871. The van der Waals surface area contributed by atoms with Crippen LogP contribution in [0.15, 0.2) is 29.2 Å². The van der Waals surface area contributed by atoms with Crippen LogP contribution in [0.1, 0.15) is 36.5 Å². The summed E-state index contributed by atoms with van der Waals surface area (Å²) in [7, 11) is 1.83. The molecule has 0 aliphatic heterocycles. The zero-order valence-electron chi connectivity index (χ0n) is 11.7. The average Bonchev–Trinajstić information content (AvgIpc) is 2.36. The zero-order chi connectivity index (χ0) is 14.7. The third kappa shape index (κ3) is 3.15. The number of nitrogens with zero attached hydrogens (tertiary/aromatic N) is 1. The van der Waals surface area contributed by atoms with Gasteiger partial charge in [-0.05, 0) is 38.3 Å². The molecule has 0 aromatic heterocycles. The third-order valence-electron chi connectivity index (χ3n) is 3.71. The molecule has 5 heteroatoms. The predicted octanol–water partition coefficient (Wildman–Crippen LogP) is 2.88. The van der Waals surface area contributed by atoms with Crippen molar-refractivity contribution in [3.63, 3.8) is 0 Å². The molecule has 1 aromatic rings. The number of carbonyl (C=O) groups is 2. The van der Waals surface area contributed by atoms with E-state index in [9.17, 15) is 9.59 Å². The van der Waals surface area contributed by atoms with Crippen LogP contribution in [-0.4, -0.2) is 40.2 Å². The molecule has 0 saturated heterocycles. The quantitative estimate of drug-likeness (QED) is 0.848. The lowest BCUT2D eigenvalue weighted by Gasteiger charge is -2.35. The molecule has 1 saturated carbocycles. The lowest BCUT2D eigenvalue weighted by Crippen LogP contribution is -2.41. The monoisotopic (exact) mass is 293 g/mol. The molecule has 0 bridgehead atoms.